The zero-order valence-electron chi connectivity index (χ0n) is 13.8. The molecule has 2 N–H and O–H groups in total. The van der Waals surface area contributed by atoms with Crippen LogP contribution in [0.5, 0.6) is 5.75 Å². The van der Waals surface area contributed by atoms with Crippen molar-refractivity contribution >= 4 is 17.7 Å². The van der Waals surface area contributed by atoms with Gasteiger partial charge in [-0.05, 0) is 50.1 Å². The second kappa shape index (κ2) is 8.32. The minimum absolute atomic E-state index is 0.344. The first-order chi connectivity index (χ1) is 10.6. The van der Waals surface area contributed by atoms with E-state index in [1.54, 1.807) is 7.11 Å². The molecule has 1 aliphatic rings. The standard InChI is InChI=1S/C17H27N3OS/c1-4-18-16(20-13-17(2)10-5-11-22-17)19-12-14-6-8-15(21-3)9-7-14/h6-9H,4-5,10-13H2,1-3H3,(H2,18,19,20). The lowest BCUT2D eigenvalue weighted by molar-refractivity contribution is 0.414. The number of hydrogen-bond donors (Lipinski definition) is 2. The summed E-state index contributed by atoms with van der Waals surface area (Å²) >= 11 is 2.06. The average molecular weight is 321 g/mol. The lowest BCUT2D eigenvalue weighted by Gasteiger charge is -2.24. The van der Waals surface area contributed by atoms with Crippen molar-refractivity contribution in [3.63, 3.8) is 0 Å². The fourth-order valence-corrected chi connectivity index (χ4v) is 3.73. The summed E-state index contributed by atoms with van der Waals surface area (Å²) in [6.07, 6.45) is 2.60. The smallest absolute Gasteiger partial charge is 0.191 e. The lowest BCUT2D eigenvalue weighted by atomic mass is 10.1. The molecule has 1 atom stereocenters. The van der Waals surface area contributed by atoms with Crippen molar-refractivity contribution in [2.24, 2.45) is 4.99 Å². The Labute approximate surface area is 138 Å². The summed E-state index contributed by atoms with van der Waals surface area (Å²) in [6, 6.07) is 8.06. The molecular formula is C17H27N3OS. The molecule has 22 heavy (non-hydrogen) atoms. The highest BCUT2D eigenvalue weighted by Gasteiger charge is 2.29. The minimum atomic E-state index is 0.344. The molecule has 1 fully saturated rings. The van der Waals surface area contributed by atoms with Crippen LogP contribution in [0.15, 0.2) is 29.3 Å². The van der Waals surface area contributed by atoms with Gasteiger partial charge in [0.15, 0.2) is 5.96 Å². The van der Waals surface area contributed by atoms with E-state index in [9.17, 15) is 0 Å². The van der Waals surface area contributed by atoms with Crippen LogP contribution in [-0.2, 0) is 6.54 Å². The van der Waals surface area contributed by atoms with E-state index in [0.717, 1.165) is 24.8 Å². The van der Waals surface area contributed by atoms with Crippen LogP contribution in [0.1, 0.15) is 32.3 Å². The Bertz CT molecular complexity index is 481. The maximum absolute atomic E-state index is 5.18. The molecule has 4 nitrogen and oxygen atoms in total. The Morgan fingerprint density at radius 3 is 2.68 bits per heavy atom. The van der Waals surface area contributed by atoms with Gasteiger partial charge in [0.25, 0.3) is 0 Å². The Morgan fingerprint density at radius 1 is 1.32 bits per heavy atom. The van der Waals surface area contributed by atoms with Gasteiger partial charge in [0.2, 0.25) is 0 Å². The van der Waals surface area contributed by atoms with Crippen molar-refractivity contribution in [1.29, 1.82) is 0 Å². The van der Waals surface area contributed by atoms with Crippen LogP contribution in [0.2, 0.25) is 0 Å². The zero-order chi connectivity index (χ0) is 15.8. The van der Waals surface area contributed by atoms with E-state index in [2.05, 4.69) is 53.4 Å². The van der Waals surface area contributed by atoms with Gasteiger partial charge in [0.05, 0.1) is 13.7 Å². The summed E-state index contributed by atoms with van der Waals surface area (Å²) in [4.78, 5) is 4.68. The summed E-state index contributed by atoms with van der Waals surface area (Å²) in [5, 5.41) is 6.81. The summed E-state index contributed by atoms with van der Waals surface area (Å²) in [5.41, 5.74) is 1.18. The second-order valence-electron chi connectivity index (χ2n) is 5.80. The van der Waals surface area contributed by atoms with E-state index in [4.69, 9.17) is 4.74 Å². The highest BCUT2D eigenvalue weighted by atomic mass is 32.2. The molecule has 1 saturated heterocycles. The van der Waals surface area contributed by atoms with Crippen LogP contribution in [0.25, 0.3) is 0 Å². The van der Waals surface area contributed by atoms with Crippen molar-refractivity contribution in [1.82, 2.24) is 10.6 Å². The van der Waals surface area contributed by atoms with Gasteiger partial charge in [-0.3, -0.25) is 0 Å². The van der Waals surface area contributed by atoms with Crippen molar-refractivity contribution in [2.45, 2.75) is 38.0 Å². The third-order valence-corrected chi connectivity index (χ3v) is 5.39. The molecule has 122 valence electrons. The maximum atomic E-state index is 5.18. The molecule has 0 radical (unpaired) electrons. The van der Waals surface area contributed by atoms with Crippen LogP contribution < -0.4 is 15.4 Å². The molecular weight excluding hydrogens is 294 g/mol. The Morgan fingerprint density at radius 2 is 2.09 bits per heavy atom. The molecule has 0 bridgehead atoms. The molecule has 0 aromatic heterocycles. The van der Waals surface area contributed by atoms with Crippen molar-refractivity contribution in [2.75, 3.05) is 26.0 Å². The number of guanidine groups is 1. The molecule has 0 spiro atoms. The van der Waals surface area contributed by atoms with Crippen molar-refractivity contribution < 1.29 is 4.74 Å². The maximum Gasteiger partial charge on any atom is 0.191 e. The third kappa shape index (κ3) is 5.13. The number of ether oxygens (including phenoxy) is 1. The van der Waals surface area contributed by atoms with Gasteiger partial charge in [0.1, 0.15) is 5.75 Å². The fraction of sp³-hybridized carbons (Fsp3) is 0.588. The SMILES string of the molecule is CCNC(=NCc1ccc(OC)cc1)NCC1(C)CCCS1. The number of nitrogens with zero attached hydrogens (tertiary/aromatic N) is 1. The van der Waals surface area contributed by atoms with Gasteiger partial charge in [-0.15, -0.1) is 0 Å². The lowest BCUT2D eigenvalue weighted by Crippen LogP contribution is -2.43. The minimum Gasteiger partial charge on any atom is -0.497 e. The van der Waals surface area contributed by atoms with E-state index in [1.165, 1.54) is 24.2 Å². The topological polar surface area (TPSA) is 45.7 Å². The summed E-state index contributed by atoms with van der Waals surface area (Å²) in [7, 11) is 1.68. The Kier molecular flexibility index (Phi) is 6.43. The summed E-state index contributed by atoms with van der Waals surface area (Å²) < 4.78 is 5.52. The van der Waals surface area contributed by atoms with Crippen LogP contribution in [0.4, 0.5) is 0 Å². The molecule has 0 amide bonds. The van der Waals surface area contributed by atoms with Gasteiger partial charge in [-0.1, -0.05) is 12.1 Å². The fourth-order valence-electron chi connectivity index (χ4n) is 2.49. The van der Waals surface area contributed by atoms with Gasteiger partial charge in [-0.2, -0.15) is 11.8 Å². The molecule has 1 unspecified atom stereocenters. The second-order valence-corrected chi connectivity index (χ2v) is 7.48. The van der Waals surface area contributed by atoms with Crippen LogP contribution in [-0.4, -0.2) is 36.7 Å². The van der Waals surface area contributed by atoms with E-state index in [1.807, 2.05) is 12.1 Å². The summed E-state index contributed by atoms with van der Waals surface area (Å²) in [6.45, 7) is 6.94. The normalized spacial score (nSPS) is 21.7. The van der Waals surface area contributed by atoms with E-state index in [0.29, 0.717) is 11.3 Å². The molecule has 1 aromatic carbocycles. The number of rotatable bonds is 6. The molecule has 0 aliphatic carbocycles. The van der Waals surface area contributed by atoms with Crippen LogP contribution in [0.3, 0.4) is 0 Å². The molecule has 1 aliphatic heterocycles. The molecule has 1 heterocycles. The molecule has 2 rings (SSSR count). The molecule has 0 saturated carbocycles. The number of thioether (sulfide) groups is 1. The highest BCUT2D eigenvalue weighted by molar-refractivity contribution is 8.00. The first kappa shape index (κ1) is 17.0. The largest absolute Gasteiger partial charge is 0.497 e. The molecule has 1 aromatic rings. The predicted octanol–water partition coefficient (Wildman–Crippen LogP) is 3.04. The van der Waals surface area contributed by atoms with Gasteiger partial charge in [-0.25, -0.2) is 4.99 Å². The molecule has 5 heteroatoms. The highest BCUT2D eigenvalue weighted by Crippen LogP contribution is 2.36. The van der Waals surface area contributed by atoms with E-state index in [-0.39, 0.29) is 0 Å². The zero-order valence-corrected chi connectivity index (χ0v) is 14.6. The number of hydrogen-bond acceptors (Lipinski definition) is 3. The van der Waals surface area contributed by atoms with Crippen molar-refractivity contribution in [3.05, 3.63) is 29.8 Å². The average Bonchev–Trinajstić information content (AvgIpc) is 2.98. The quantitative estimate of drug-likeness (QED) is 0.624. The van der Waals surface area contributed by atoms with Crippen LogP contribution >= 0.6 is 11.8 Å². The number of methoxy groups -OCH3 is 1. The van der Waals surface area contributed by atoms with E-state index >= 15 is 0 Å². The Balaban J connectivity index is 1.90. The van der Waals surface area contributed by atoms with E-state index < -0.39 is 0 Å². The van der Waals surface area contributed by atoms with Gasteiger partial charge >= 0.3 is 0 Å². The van der Waals surface area contributed by atoms with Gasteiger partial charge in [0, 0.05) is 17.8 Å². The first-order valence-electron chi connectivity index (χ1n) is 7.94. The third-order valence-electron chi connectivity index (χ3n) is 3.85. The summed E-state index contributed by atoms with van der Waals surface area (Å²) in [5.74, 6) is 3.05. The first-order valence-corrected chi connectivity index (χ1v) is 8.93. The van der Waals surface area contributed by atoms with Gasteiger partial charge < -0.3 is 15.4 Å². The number of aliphatic imine (C=N–C) groups is 1. The monoisotopic (exact) mass is 321 g/mol. The van der Waals surface area contributed by atoms with Crippen molar-refractivity contribution in [3.8, 4) is 5.75 Å². The predicted molar refractivity (Wildman–Crippen MR) is 95.9 cm³/mol. The Hall–Kier alpha value is -1.36. The van der Waals surface area contributed by atoms with Crippen LogP contribution in [0, 0.1) is 0 Å². The number of nitrogens with one attached hydrogen (secondary N) is 2. The number of benzene rings is 1.